The van der Waals surface area contributed by atoms with Crippen molar-refractivity contribution in [3.05, 3.63) is 30.1 Å². The van der Waals surface area contributed by atoms with E-state index in [1.165, 1.54) is 12.1 Å². The van der Waals surface area contributed by atoms with Crippen molar-refractivity contribution in [3.63, 3.8) is 0 Å². The molecule has 3 heteroatoms. The molecule has 1 aromatic rings. The first kappa shape index (κ1) is 9.55. The molecule has 0 heterocycles. The molecule has 0 aliphatic carbocycles. The van der Waals surface area contributed by atoms with Crippen molar-refractivity contribution in [2.24, 2.45) is 0 Å². The molecule has 1 aromatic carbocycles. The minimum atomic E-state index is -0.178. The van der Waals surface area contributed by atoms with E-state index in [1.54, 1.807) is 23.9 Å². The van der Waals surface area contributed by atoms with Gasteiger partial charge in [-0.15, -0.1) is 11.8 Å². The minimum Gasteiger partial charge on any atom is -0.308 e. The fourth-order valence-corrected chi connectivity index (χ4v) is 1.57. The summed E-state index contributed by atoms with van der Waals surface area (Å²) in [5, 5.41) is 3.18. The molecule has 66 valence electrons. The predicted molar refractivity (Wildman–Crippen MR) is 50.8 cm³/mol. The van der Waals surface area contributed by atoms with Crippen LogP contribution in [0.15, 0.2) is 29.2 Å². The van der Waals surface area contributed by atoms with Gasteiger partial charge in [-0.1, -0.05) is 6.92 Å². The molecule has 1 rings (SSSR count). The summed E-state index contributed by atoms with van der Waals surface area (Å²) in [5.74, 6) is 0.699. The second kappa shape index (κ2) is 5.17. The van der Waals surface area contributed by atoms with Gasteiger partial charge in [0.25, 0.3) is 0 Å². The molecule has 0 bridgehead atoms. The fraction of sp³-hybridized carbons (Fsp3) is 0.333. The van der Waals surface area contributed by atoms with Crippen LogP contribution in [0.3, 0.4) is 0 Å². The molecule has 12 heavy (non-hydrogen) atoms. The summed E-state index contributed by atoms with van der Waals surface area (Å²) < 4.78 is 12.5. The Balaban J connectivity index is 2.37. The molecule has 0 aliphatic rings. The van der Waals surface area contributed by atoms with Crippen LogP contribution in [-0.4, -0.2) is 12.4 Å². The Morgan fingerprint density at radius 3 is 2.58 bits per heavy atom. The summed E-state index contributed by atoms with van der Waals surface area (Å²) in [6, 6.07) is 6.54. The maximum Gasteiger partial charge on any atom is 0.123 e. The number of thioether (sulfide) groups is 1. The van der Waals surface area contributed by atoms with Crippen molar-refractivity contribution >= 4 is 11.8 Å². The molecule has 0 unspecified atom stereocenters. The zero-order valence-electron chi connectivity index (χ0n) is 7.01. The van der Waals surface area contributed by atoms with Gasteiger partial charge >= 0.3 is 0 Å². The lowest BCUT2D eigenvalue weighted by atomic mass is 10.4. The van der Waals surface area contributed by atoms with Crippen LogP contribution >= 0.6 is 11.8 Å². The molecule has 0 fully saturated rings. The highest BCUT2D eigenvalue weighted by Crippen LogP contribution is 2.16. The third-order valence-electron chi connectivity index (χ3n) is 1.40. The van der Waals surface area contributed by atoms with Crippen LogP contribution in [0, 0.1) is 5.82 Å². The van der Waals surface area contributed by atoms with Gasteiger partial charge in [0.05, 0.1) is 0 Å². The van der Waals surface area contributed by atoms with Crippen LogP contribution in [0.1, 0.15) is 6.92 Å². The van der Waals surface area contributed by atoms with Gasteiger partial charge in [-0.3, -0.25) is 0 Å². The topological polar surface area (TPSA) is 12.0 Å². The largest absolute Gasteiger partial charge is 0.308 e. The maximum absolute atomic E-state index is 12.5. The van der Waals surface area contributed by atoms with Gasteiger partial charge in [-0.05, 0) is 30.8 Å². The molecule has 0 atom stereocenters. The fourth-order valence-electron chi connectivity index (χ4n) is 0.767. The second-order valence-corrected chi connectivity index (χ2v) is 3.39. The normalized spacial score (nSPS) is 10.2. The third-order valence-corrected chi connectivity index (χ3v) is 2.36. The molecule has 1 nitrogen and oxygen atoms in total. The number of hydrogen-bond donors (Lipinski definition) is 1. The van der Waals surface area contributed by atoms with Crippen LogP contribution in [0.5, 0.6) is 0 Å². The van der Waals surface area contributed by atoms with E-state index in [-0.39, 0.29) is 5.82 Å². The van der Waals surface area contributed by atoms with Gasteiger partial charge in [-0.2, -0.15) is 0 Å². The van der Waals surface area contributed by atoms with E-state index in [0.717, 1.165) is 17.3 Å². The first-order valence-electron chi connectivity index (χ1n) is 3.92. The molecule has 0 aromatic heterocycles. The quantitative estimate of drug-likeness (QED) is 0.439. The Morgan fingerprint density at radius 1 is 1.33 bits per heavy atom. The smallest absolute Gasteiger partial charge is 0.123 e. The van der Waals surface area contributed by atoms with Crippen molar-refractivity contribution in [2.45, 2.75) is 11.8 Å². The Hall–Kier alpha value is -0.540. The lowest BCUT2D eigenvalue weighted by Crippen LogP contribution is -2.10. The van der Waals surface area contributed by atoms with E-state index in [1.807, 2.05) is 0 Å². The summed E-state index contributed by atoms with van der Waals surface area (Å²) in [5.41, 5.74) is 0. The SMILES string of the molecule is CCNCSc1ccc(F)cc1. The number of halogens is 1. The van der Waals surface area contributed by atoms with Crippen molar-refractivity contribution in [1.82, 2.24) is 5.32 Å². The molecular weight excluding hydrogens is 173 g/mol. The van der Waals surface area contributed by atoms with Gasteiger partial charge in [0.15, 0.2) is 0 Å². The van der Waals surface area contributed by atoms with Crippen molar-refractivity contribution in [1.29, 1.82) is 0 Å². The highest BCUT2D eigenvalue weighted by atomic mass is 32.2. The van der Waals surface area contributed by atoms with Crippen molar-refractivity contribution in [2.75, 3.05) is 12.4 Å². The molecule has 0 aliphatic heterocycles. The average Bonchev–Trinajstić information content (AvgIpc) is 2.09. The Bertz CT molecular complexity index is 222. The van der Waals surface area contributed by atoms with E-state index in [2.05, 4.69) is 12.2 Å². The van der Waals surface area contributed by atoms with Crippen molar-refractivity contribution in [3.8, 4) is 0 Å². The standard InChI is InChI=1S/C9H12FNS/c1-2-11-7-12-9-5-3-8(10)4-6-9/h3-6,11H,2,7H2,1H3. The highest BCUT2D eigenvalue weighted by Gasteiger charge is 1.92. The van der Waals surface area contributed by atoms with Gasteiger partial charge in [0.1, 0.15) is 5.82 Å². The number of rotatable bonds is 4. The molecular formula is C9H12FNS. The van der Waals surface area contributed by atoms with Crippen LogP contribution < -0.4 is 5.32 Å². The van der Waals surface area contributed by atoms with Crippen LogP contribution in [-0.2, 0) is 0 Å². The molecule has 0 saturated heterocycles. The molecule has 0 radical (unpaired) electrons. The monoisotopic (exact) mass is 185 g/mol. The summed E-state index contributed by atoms with van der Waals surface area (Å²) in [7, 11) is 0. The summed E-state index contributed by atoms with van der Waals surface area (Å²) in [6.45, 7) is 3.03. The van der Waals surface area contributed by atoms with E-state index in [9.17, 15) is 4.39 Å². The Kier molecular flexibility index (Phi) is 4.11. The average molecular weight is 185 g/mol. The van der Waals surface area contributed by atoms with E-state index >= 15 is 0 Å². The van der Waals surface area contributed by atoms with E-state index < -0.39 is 0 Å². The molecule has 0 spiro atoms. The molecule has 0 saturated carbocycles. The molecule has 1 N–H and O–H groups in total. The van der Waals surface area contributed by atoms with Crippen LogP contribution in [0.25, 0.3) is 0 Å². The van der Waals surface area contributed by atoms with Crippen LogP contribution in [0.4, 0.5) is 4.39 Å². The highest BCUT2D eigenvalue weighted by molar-refractivity contribution is 7.99. The lowest BCUT2D eigenvalue weighted by Gasteiger charge is -2.00. The lowest BCUT2D eigenvalue weighted by molar-refractivity contribution is 0.626. The number of nitrogens with one attached hydrogen (secondary N) is 1. The molecule has 0 amide bonds. The Labute approximate surface area is 76.4 Å². The van der Waals surface area contributed by atoms with Crippen molar-refractivity contribution < 1.29 is 4.39 Å². The first-order valence-corrected chi connectivity index (χ1v) is 4.90. The summed E-state index contributed by atoms with van der Waals surface area (Å²) in [6.07, 6.45) is 0. The third kappa shape index (κ3) is 3.24. The van der Waals surface area contributed by atoms with E-state index in [0.29, 0.717) is 0 Å². The van der Waals surface area contributed by atoms with Crippen LogP contribution in [0.2, 0.25) is 0 Å². The van der Waals surface area contributed by atoms with Gasteiger partial charge < -0.3 is 5.32 Å². The maximum atomic E-state index is 12.5. The van der Waals surface area contributed by atoms with Gasteiger partial charge in [0, 0.05) is 10.8 Å². The first-order chi connectivity index (χ1) is 5.83. The van der Waals surface area contributed by atoms with Gasteiger partial charge in [-0.25, -0.2) is 4.39 Å². The van der Waals surface area contributed by atoms with E-state index in [4.69, 9.17) is 0 Å². The number of hydrogen-bond acceptors (Lipinski definition) is 2. The zero-order chi connectivity index (χ0) is 8.81. The zero-order valence-corrected chi connectivity index (χ0v) is 7.83. The van der Waals surface area contributed by atoms with Gasteiger partial charge in [0.2, 0.25) is 0 Å². The minimum absolute atomic E-state index is 0.178. The Morgan fingerprint density at radius 2 is 2.00 bits per heavy atom. The predicted octanol–water partition coefficient (Wildman–Crippen LogP) is 2.48. The number of benzene rings is 1. The summed E-state index contributed by atoms with van der Waals surface area (Å²) >= 11 is 1.68. The summed E-state index contributed by atoms with van der Waals surface area (Å²) in [4.78, 5) is 1.09. The second-order valence-electron chi connectivity index (χ2n) is 2.35.